The largest absolute Gasteiger partial charge is 0.425 e. The maximum Gasteiger partial charge on any atom is 0.228 e. The van der Waals surface area contributed by atoms with Crippen molar-refractivity contribution in [1.82, 2.24) is 10.2 Å². The fourth-order valence-electron chi connectivity index (χ4n) is 3.07. The van der Waals surface area contributed by atoms with Crippen LogP contribution in [-0.4, -0.2) is 22.6 Å². The second-order valence-electron chi connectivity index (χ2n) is 6.30. The zero-order valence-electron chi connectivity index (χ0n) is 15.3. The van der Waals surface area contributed by atoms with E-state index in [1.54, 1.807) is 11.8 Å². The third-order valence-corrected chi connectivity index (χ3v) is 4.35. The van der Waals surface area contributed by atoms with E-state index in [-0.39, 0.29) is 18.2 Å². The first-order chi connectivity index (χ1) is 12.6. The monoisotopic (exact) mass is 349 g/mol. The fraction of sp³-hybridized carbons (Fsp3) is 0.286. The van der Waals surface area contributed by atoms with E-state index < -0.39 is 0 Å². The molecular weight excluding hydrogens is 326 g/mol. The summed E-state index contributed by atoms with van der Waals surface area (Å²) >= 11 is 0. The number of rotatable bonds is 6. The zero-order chi connectivity index (χ0) is 18.5. The van der Waals surface area contributed by atoms with Crippen LogP contribution in [0, 0.1) is 13.8 Å². The number of aromatic nitrogens is 2. The van der Waals surface area contributed by atoms with Crippen LogP contribution in [0.15, 0.2) is 59.0 Å². The molecular formula is C21H23N3O2. The van der Waals surface area contributed by atoms with Crippen LogP contribution < -0.4 is 4.90 Å². The molecule has 134 valence electrons. The molecule has 0 radical (unpaired) electrons. The van der Waals surface area contributed by atoms with Crippen molar-refractivity contribution in [2.75, 3.05) is 11.4 Å². The van der Waals surface area contributed by atoms with Gasteiger partial charge in [0, 0.05) is 25.6 Å². The summed E-state index contributed by atoms with van der Waals surface area (Å²) in [4.78, 5) is 14.9. The fourth-order valence-corrected chi connectivity index (χ4v) is 3.07. The third kappa shape index (κ3) is 3.99. The Kier molecular flexibility index (Phi) is 5.46. The van der Waals surface area contributed by atoms with Gasteiger partial charge in [-0.1, -0.05) is 42.5 Å². The third-order valence-electron chi connectivity index (χ3n) is 4.35. The van der Waals surface area contributed by atoms with Crippen LogP contribution >= 0.6 is 0 Å². The molecule has 26 heavy (non-hydrogen) atoms. The Labute approximate surface area is 153 Å². The van der Waals surface area contributed by atoms with Gasteiger partial charge >= 0.3 is 0 Å². The topological polar surface area (TPSA) is 59.2 Å². The van der Waals surface area contributed by atoms with Crippen LogP contribution in [0.3, 0.4) is 0 Å². The Morgan fingerprint density at radius 1 is 1.08 bits per heavy atom. The van der Waals surface area contributed by atoms with Crippen LogP contribution in [0.25, 0.3) is 0 Å². The number of aryl methyl sites for hydroxylation is 2. The standard InChI is InChI=1S/C21H23N3O2/c1-4-24(18-12-8-9-15(2)13-18)20(25)14-19(17-10-6-5-7-11-17)21-23-22-16(3)26-21/h5-13,19H,4,14H2,1-3H3. The Balaban J connectivity index is 1.89. The molecule has 0 bridgehead atoms. The van der Waals surface area contributed by atoms with Gasteiger partial charge in [0.1, 0.15) is 0 Å². The predicted octanol–water partition coefficient (Wildman–Crippen LogP) is 4.26. The lowest BCUT2D eigenvalue weighted by atomic mass is 9.95. The Morgan fingerprint density at radius 3 is 2.46 bits per heavy atom. The van der Waals surface area contributed by atoms with Gasteiger partial charge < -0.3 is 9.32 Å². The van der Waals surface area contributed by atoms with Crippen molar-refractivity contribution in [2.24, 2.45) is 0 Å². The number of hydrogen-bond donors (Lipinski definition) is 0. The van der Waals surface area contributed by atoms with Crippen molar-refractivity contribution in [3.05, 3.63) is 77.5 Å². The number of carbonyl (C=O) groups is 1. The van der Waals surface area contributed by atoms with Gasteiger partial charge in [0.05, 0.1) is 5.92 Å². The van der Waals surface area contributed by atoms with Crippen molar-refractivity contribution in [3.63, 3.8) is 0 Å². The molecule has 3 aromatic rings. The van der Waals surface area contributed by atoms with E-state index >= 15 is 0 Å². The molecule has 0 spiro atoms. The van der Waals surface area contributed by atoms with Crippen LogP contribution in [0.5, 0.6) is 0 Å². The van der Waals surface area contributed by atoms with Crippen molar-refractivity contribution in [2.45, 2.75) is 33.1 Å². The molecule has 1 unspecified atom stereocenters. The van der Waals surface area contributed by atoms with Gasteiger partial charge in [-0.25, -0.2) is 0 Å². The highest BCUT2D eigenvalue weighted by molar-refractivity contribution is 5.94. The summed E-state index contributed by atoms with van der Waals surface area (Å²) in [5.74, 6) is 0.744. The van der Waals surface area contributed by atoms with Crippen molar-refractivity contribution in [3.8, 4) is 0 Å². The molecule has 0 saturated heterocycles. The number of hydrogen-bond acceptors (Lipinski definition) is 4. The summed E-state index contributed by atoms with van der Waals surface area (Å²) in [6.45, 7) is 6.36. The highest BCUT2D eigenvalue weighted by Crippen LogP contribution is 2.29. The van der Waals surface area contributed by atoms with Gasteiger partial charge in [-0.15, -0.1) is 10.2 Å². The molecule has 5 heteroatoms. The van der Waals surface area contributed by atoms with Gasteiger partial charge in [-0.2, -0.15) is 0 Å². The number of anilines is 1. The molecule has 1 aromatic heterocycles. The van der Waals surface area contributed by atoms with Crippen molar-refractivity contribution in [1.29, 1.82) is 0 Å². The summed E-state index contributed by atoms with van der Waals surface area (Å²) in [6.07, 6.45) is 0.271. The molecule has 0 N–H and O–H groups in total. The van der Waals surface area contributed by atoms with Gasteiger partial charge in [-0.05, 0) is 37.1 Å². The number of amides is 1. The maximum absolute atomic E-state index is 13.1. The van der Waals surface area contributed by atoms with E-state index in [1.807, 2.05) is 68.4 Å². The highest BCUT2D eigenvalue weighted by atomic mass is 16.4. The molecule has 1 heterocycles. The Bertz CT molecular complexity index is 874. The summed E-state index contributed by atoms with van der Waals surface area (Å²) < 4.78 is 5.65. The molecule has 0 saturated carbocycles. The molecule has 1 amide bonds. The number of carbonyl (C=O) groups excluding carboxylic acids is 1. The average molecular weight is 349 g/mol. The van der Waals surface area contributed by atoms with Gasteiger partial charge in [0.2, 0.25) is 17.7 Å². The number of benzene rings is 2. The van der Waals surface area contributed by atoms with Crippen molar-refractivity contribution >= 4 is 11.6 Å². The van der Waals surface area contributed by atoms with Crippen LogP contribution in [0.4, 0.5) is 5.69 Å². The van der Waals surface area contributed by atoms with Gasteiger partial charge in [0.15, 0.2) is 0 Å². The van der Waals surface area contributed by atoms with Crippen LogP contribution in [-0.2, 0) is 4.79 Å². The van der Waals surface area contributed by atoms with Gasteiger partial charge in [0.25, 0.3) is 0 Å². The van der Waals surface area contributed by atoms with Gasteiger partial charge in [-0.3, -0.25) is 4.79 Å². The minimum absolute atomic E-state index is 0.0304. The second kappa shape index (κ2) is 7.95. The lowest BCUT2D eigenvalue weighted by molar-refractivity contribution is -0.118. The zero-order valence-corrected chi connectivity index (χ0v) is 15.3. The summed E-state index contributed by atoms with van der Waals surface area (Å²) in [5.41, 5.74) is 3.02. The van der Waals surface area contributed by atoms with Crippen LogP contribution in [0.1, 0.15) is 42.2 Å². The highest BCUT2D eigenvalue weighted by Gasteiger charge is 2.26. The van der Waals surface area contributed by atoms with E-state index in [1.165, 1.54) is 0 Å². The second-order valence-corrected chi connectivity index (χ2v) is 6.30. The number of nitrogens with zero attached hydrogens (tertiary/aromatic N) is 3. The minimum atomic E-state index is -0.260. The molecule has 3 rings (SSSR count). The molecule has 0 aliphatic heterocycles. The van der Waals surface area contributed by atoms with E-state index in [4.69, 9.17) is 4.42 Å². The average Bonchev–Trinajstić information content (AvgIpc) is 3.07. The Morgan fingerprint density at radius 2 is 1.85 bits per heavy atom. The molecule has 0 aliphatic rings. The smallest absolute Gasteiger partial charge is 0.228 e. The quantitative estimate of drug-likeness (QED) is 0.667. The predicted molar refractivity (Wildman–Crippen MR) is 101 cm³/mol. The molecule has 5 nitrogen and oxygen atoms in total. The molecule has 0 fully saturated rings. The van der Waals surface area contributed by atoms with Crippen molar-refractivity contribution < 1.29 is 9.21 Å². The lowest BCUT2D eigenvalue weighted by Crippen LogP contribution is -2.32. The maximum atomic E-state index is 13.1. The molecule has 2 aromatic carbocycles. The minimum Gasteiger partial charge on any atom is -0.425 e. The van der Waals surface area contributed by atoms with E-state index in [0.717, 1.165) is 16.8 Å². The summed E-state index contributed by atoms with van der Waals surface area (Å²) in [7, 11) is 0. The summed E-state index contributed by atoms with van der Waals surface area (Å²) in [5, 5.41) is 8.09. The summed E-state index contributed by atoms with van der Waals surface area (Å²) in [6, 6.07) is 17.8. The van der Waals surface area contributed by atoms with E-state index in [2.05, 4.69) is 10.2 Å². The first-order valence-corrected chi connectivity index (χ1v) is 8.80. The Hall–Kier alpha value is -2.95. The first kappa shape index (κ1) is 17.9. The first-order valence-electron chi connectivity index (χ1n) is 8.80. The van der Waals surface area contributed by atoms with Crippen LogP contribution in [0.2, 0.25) is 0 Å². The normalized spacial score (nSPS) is 12.0. The molecule has 1 atom stereocenters. The van der Waals surface area contributed by atoms with E-state index in [9.17, 15) is 4.79 Å². The van der Waals surface area contributed by atoms with E-state index in [0.29, 0.717) is 18.3 Å². The SMILES string of the molecule is CCN(C(=O)CC(c1ccccc1)c1nnc(C)o1)c1cccc(C)c1. The lowest BCUT2D eigenvalue weighted by Gasteiger charge is -2.23. The molecule has 0 aliphatic carbocycles.